The standard InChI is InChI=1S/C9H12N2O2S2/c1-2-6-10-9(15-11-6)14-7(8(12)13)5-3-4-5/h5,7H,2-4H2,1H3,(H,12,13). The topological polar surface area (TPSA) is 63.1 Å². The lowest BCUT2D eigenvalue weighted by Crippen LogP contribution is -2.18. The van der Waals surface area contributed by atoms with Crippen molar-refractivity contribution in [3.8, 4) is 0 Å². The molecule has 2 rings (SSSR count). The highest BCUT2D eigenvalue weighted by atomic mass is 32.2. The van der Waals surface area contributed by atoms with Crippen LogP contribution in [-0.2, 0) is 11.2 Å². The van der Waals surface area contributed by atoms with Gasteiger partial charge in [0.2, 0.25) is 0 Å². The third-order valence-electron chi connectivity index (χ3n) is 2.29. The summed E-state index contributed by atoms with van der Waals surface area (Å²) in [5.41, 5.74) is 0. The molecule has 15 heavy (non-hydrogen) atoms. The summed E-state index contributed by atoms with van der Waals surface area (Å²) in [4.78, 5) is 15.3. The second-order valence-corrected chi connectivity index (χ2v) is 5.68. The minimum absolute atomic E-state index is 0.331. The van der Waals surface area contributed by atoms with Crippen LogP contribution in [0.25, 0.3) is 0 Å². The molecule has 1 aromatic heterocycles. The third-order valence-corrected chi connectivity index (χ3v) is 4.48. The minimum Gasteiger partial charge on any atom is -0.480 e. The molecule has 1 fully saturated rings. The predicted octanol–water partition coefficient (Wildman–Crippen LogP) is 2.06. The zero-order valence-electron chi connectivity index (χ0n) is 8.34. The second-order valence-electron chi connectivity index (χ2n) is 3.54. The normalized spacial score (nSPS) is 17.7. The maximum absolute atomic E-state index is 11.0. The van der Waals surface area contributed by atoms with E-state index in [9.17, 15) is 4.79 Å². The van der Waals surface area contributed by atoms with E-state index in [4.69, 9.17) is 5.11 Å². The second kappa shape index (κ2) is 4.49. The predicted molar refractivity (Wildman–Crippen MR) is 59.3 cm³/mol. The van der Waals surface area contributed by atoms with Crippen LogP contribution in [0, 0.1) is 5.92 Å². The van der Waals surface area contributed by atoms with E-state index in [1.165, 1.54) is 23.3 Å². The summed E-state index contributed by atoms with van der Waals surface area (Å²) in [5.74, 6) is 0.416. The van der Waals surface area contributed by atoms with E-state index in [0.717, 1.165) is 29.4 Å². The lowest BCUT2D eigenvalue weighted by molar-refractivity contribution is -0.136. The number of thioether (sulfide) groups is 1. The number of aromatic nitrogens is 2. The molecule has 1 unspecified atom stereocenters. The molecule has 0 aliphatic heterocycles. The molecule has 1 heterocycles. The summed E-state index contributed by atoms with van der Waals surface area (Å²) >= 11 is 2.65. The van der Waals surface area contributed by atoms with Crippen molar-refractivity contribution in [3.63, 3.8) is 0 Å². The van der Waals surface area contributed by atoms with Crippen LogP contribution < -0.4 is 0 Å². The molecule has 6 heteroatoms. The Balaban J connectivity index is 2.01. The molecule has 82 valence electrons. The van der Waals surface area contributed by atoms with Crippen molar-refractivity contribution in [3.05, 3.63) is 5.82 Å². The quantitative estimate of drug-likeness (QED) is 0.803. The molecule has 0 spiro atoms. The van der Waals surface area contributed by atoms with E-state index in [-0.39, 0.29) is 5.25 Å². The van der Waals surface area contributed by atoms with Crippen LogP contribution in [0.3, 0.4) is 0 Å². The number of carboxylic acids is 1. The van der Waals surface area contributed by atoms with Crippen molar-refractivity contribution in [2.75, 3.05) is 0 Å². The molecule has 0 saturated heterocycles. The van der Waals surface area contributed by atoms with Gasteiger partial charge in [-0.1, -0.05) is 18.7 Å². The first kappa shape index (κ1) is 10.9. The smallest absolute Gasteiger partial charge is 0.317 e. The van der Waals surface area contributed by atoms with Gasteiger partial charge in [-0.2, -0.15) is 4.37 Å². The summed E-state index contributed by atoms with van der Waals surface area (Å²) < 4.78 is 4.93. The van der Waals surface area contributed by atoms with Crippen molar-refractivity contribution in [1.29, 1.82) is 0 Å². The average Bonchev–Trinajstić information content (AvgIpc) is 2.94. The van der Waals surface area contributed by atoms with E-state index in [0.29, 0.717) is 5.92 Å². The fraction of sp³-hybridized carbons (Fsp3) is 0.667. The van der Waals surface area contributed by atoms with E-state index in [1.54, 1.807) is 0 Å². The minimum atomic E-state index is -0.726. The van der Waals surface area contributed by atoms with Gasteiger partial charge < -0.3 is 5.11 Å². The van der Waals surface area contributed by atoms with Crippen LogP contribution in [0.4, 0.5) is 0 Å². The summed E-state index contributed by atoms with van der Waals surface area (Å²) in [6.07, 6.45) is 2.87. The van der Waals surface area contributed by atoms with Crippen molar-refractivity contribution in [1.82, 2.24) is 9.36 Å². The van der Waals surface area contributed by atoms with Crippen LogP contribution in [0.1, 0.15) is 25.6 Å². The molecule has 1 aliphatic carbocycles. The number of nitrogens with zero attached hydrogens (tertiary/aromatic N) is 2. The fourth-order valence-corrected chi connectivity index (χ4v) is 3.32. The SMILES string of the molecule is CCc1nsc(SC(C(=O)O)C2CC2)n1. The number of carboxylic acid groups (broad SMARTS) is 1. The fourth-order valence-electron chi connectivity index (χ4n) is 1.29. The van der Waals surface area contributed by atoms with Crippen LogP contribution in [-0.4, -0.2) is 25.7 Å². The zero-order chi connectivity index (χ0) is 10.8. The Hall–Kier alpha value is -0.620. The van der Waals surface area contributed by atoms with Crippen LogP contribution in [0.5, 0.6) is 0 Å². The van der Waals surface area contributed by atoms with E-state index < -0.39 is 5.97 Å². The Bertz CT molecular complexity index is 363. The van der Waals surface area contributed by atoms with Gasteiger partial charge in [-0.15, -0.1) is 0 Å². The molecular weight excluding hydrogens is 232 g/mol. The highest BCUT2D eigenvalue weighted by Crippen LogP contribution is 2.42. The Kier molecular flexibility index (Phi) is 3.25. The van der Waals surface area contributed by atoms with Crippen molar-refractivity contribution in [2.24, 2.45) is 5.92 Å². The van der Waals surface area contributed by atoms with Gasteiger partial charge in [-0.3, -0.25) is 4.79 Å². The molecule has 1 aromatic rings. The van der Waals surface area contributed by atoms with Gasteiger partial charge in [-0.25, -0.2) is 4.98 Å². The number of aliphatic carboxylic acids is 1. The summed E-state index contributed by atoms with van der Waals surface area (Å²) in [6.45, 7) is 1.99. The monoisotopic (exact) mass is 244 g/mol. The van der Waals surface area contributed by atoms with E-state index in [1.807, 2.05) is 6.92 Å². The Morgan fingerprint density at radius 3 is 2.93 bits per heavy atom. The molecule has 1 atom stereocenters. The molecule has 1 saturated carbocycles. The highest BCUT2D eigenvalue weighted by molar-refractivity contribution is 8.02. The molecular formula is C9H12N2O2S2. The third kappa shape index (κ3) is 2.69. The lowest BCUT2D eigenvalue weighted by Gasteiger charge is -2.06. The average molecular weight is 244 g/mol. The molecule has 0 aromatic carbocycles. The molecule has 0 bridgehead atoms. The highest BCUT2D eigenvalue weighted by Gasteiger charge is 2.37. The zero-order valence-corrected chi connectivity index (χ0v) is 9.98. The first-order chi connectivity index (χ1) is 7.20. The first-order valence-corrected chi connectivity index (χ1v) is 6.58. The van der Waals surface area contributed by atoms with Crippen LogP contribution in [0.15, 0.2) is 4.34 Å². The Morgan fingerprint density at radius 1 is 1.73 bits per heavy atom. The maximum Gasteiger partial charge on any atom is 0.317 e. The van der Waals surface area contributed by atoms with Crippen molar-refractivity contribution in [2.45, 2.75) is 35.8 Å². The molecule has 1 aliphatic rings. The van der Waals surface area contributed by atoms with E-state index >= 15 is 0 Å². The Morgan fingerprint density at radius 2 is 2.47 bits per heavy atom. The number of hydrogen-bond donors (Lipinski definition) is 1. The molecule has 0 radical (unpaired) electrons. The van der Waals surface area contributed by atoms with Crippen LogP contribution in [0.2, 0.25) is 0 Å². The van der Waals surface area contributed by atoms with Gasteiger partial charge in [0.25, 0.3) is 0 Å². The molecule has 0 amide bonds. The van der Waals surface area contributed by atoms with Gasteiger partial charge in [0.15, 0.2) is 4.34 Å². The van der Waals surface area contributed by atoms with Gasteiger partial charge in [0.1, 0.15) is 11.1 Å². The summed E-state index contributed by atoms with van der Waals surface area (Å²) in [5, 5.41) is 8.71. The van der Waals surface area contributed by atoms with Crippen LogP contribution >= 0.6 is 23.3 Å². The van der Waals surface area contributed by atoms with E-state index in [2.05, 4.69) is 9.36 Å². The summed E-state index contributed by atoms with van der Waals surface area (Å²) in [6, 6.07) is 0. The first-order valence-electron chi connectivity index (χ1n) is 4.92. The van der Waals surface area contributed by atoms with Crippen molar-refractivity contribution < 1.29 is 9.90 Å². The van der Waals surface area contributed by atoms with Gasteiger partial charge in [-0.05, 0) is 30.3 Å². The van der Waals surface area contributed by atoms with Gasteiger partial charge in [0.05, 0.1) is 0 Å². The number of hydrogen-bond acceptors (Lipinski definition) is 5. The lowest BCUT2D eigenvalue weighted by atomic mass is 10.3. The number of carbonyl (C=O) groups is 1. The van der Waals surface area contributed by atoms with Gasteiger partial charge in [0, 0.05) is 6.42 Å². The summed E-state index contributed by atoms with van der Waals surface area (Å²) in [7, 11) is 0. The van der Waals surface area contributed by atoms with Crippen molar-refractivity contribution >= 4 is 29.3 Å². The largest absolute Gasteiger partial charge is 0.480 e. The Labute approximate surface area is 96.3 Å². The number of rotatable bonds is 5. The molecule has 1 N–H and O–H groups in total. The maximum atomic E-state index is 11.0. The number of aryl methyl sites for hydroxylation is 1. The van der Waals surface area contributed by atoms with Gasteiger partial charge >= 0.3 is 5.97 Å². The molecule has 4 nitrogen and oxygen atoms in total.